The summed E-state index contributed by atoms with van der Waals surface area (Å²) in [4.78, 5) is 0. The fraction of sp³-hybridized carbons (Fsp3) is 0.0333. The van der Waals surface area contributed by atoms with Crippen molar-refractivity contribution in [3.05, 3.63) is 218 Å². The standard InChI is InChI=1S/C60H40N2S2/c1-2-3-4-6-17-38-28-40(39-18-7-5-8-19-39)30-41(29-38)42-31-43(61-53-24-13-9-20-45(53)49-36-59-51(34-55(49)61)47-22-11-15-26-57(47)63-59)33-44(32-42)62-54-25-14-10-21-46(54)50-37-60-52(35-56(50)62)48-23-12-16-27-58(48)64-60/h2-16,18-37H,17H2,1H3. The third-order valence-electron chi connectivity index (χ3n) is 13.0. The van der Waals surface area contributed by atoms with Crippen molar-refractivity contribution in [3.63, 3.8) is 0 Å². The molecule has 4 aromatic heterocycles. The SMILES string of the molecule is CC=CC=CCc1cc(-c2ccccc2)cc(-c2cc(-n3c4ccccc4c4cc5sc6ccccc6c5cc43)cc(-n3c4ccccc4c4cc5sc6ccccc6c5cc43)c2)c1. The van der Waals surface area contributed by atoms with Gasteiger partial charge in [-0.2, -0.15) is 0 Å². The molecule has 2 nitrogen and oxygen atoms in total. The number of thiophene rings is 2. The maximum atomic E-state index is 2.52. The van der Waals surface area contributed by atoms with E-state index in [0.717, 1.165) is 17.8 Å². The third kappa shape index (κ3) is 5.91. The quantitative estimate of drug-likeness (QED) is 0.141. The first-order chi connectivity index (χ1) is 31.7. The van der Waals surface area contributed by atoms with Crippen molar-refractivity contribution in [1.29, 1.82) is 0 Å². The van der Waals surface area contributed by atoms with E-state index in [1.165, 1.54) is 112 Å². The van der Waals surface area contributed by atoms with E-state index in [1.54, 1.807) is 0 Å². The molecule has 0 saturated carbocycles. The van der Waals surface area contributed by atoms with Crippen LogP contribution in [-0.2, 0) is 6.42 Å². The highest BCUT2D eigenvalue weighted by atomic mass is 32.1. The summed E-state index contributed by atoms with van der Waals surface area (Å²) >= 11 is 3.77. The first-order valence-corrected chi connectivity index (χ1v) is 23.6. The minimum Gasteiger partial charge on any atom is -0.309 e. The van der Waals surface area contributed by atoms with Crippen LogP contribution in [0, 0.1) is 0 Å². The zero-order valence-corrected chi connectivity index (χ0v) is 36.8. The summed E-state index contributed by atoms with van der Waals surface area (Å²) in [5.41, 5.74) is 13.1. The number of benzene rings is 9. The van der Waals surface area contributed by atoms with Crippen molar-refractivity contribution in [3.8, 4) is 33.6 Å². The van der Waals surface area contributed by atoms with Crippen molar-refractivity contribution >= 4 is 107 Å². The molecular formula is C60H40N2S2. The predicted octanol–water partition coefficient (Wildman–Crippen LogP) is 17.6. The van der Waals surface area contributed by atoms with Crippen LogP contribution in [0.25, 0.3) is 118 Å². The van der Waals surface area contributed by atoms with Gasteiger partial charge in [0.1, 0.15) is 0 Å². The average Bonchev–Trinajstić information content (AvgIpc) is 4.08. The molecule has 0 atom stereocenters. The molecular weight excluding hydrogens is 813 g/mol. The predicted molar refractivity (Wildman–Crippen MR) is 279 cm³/mol. The lowest BCUT2D eigenvalue weighted by atomic mass is 9.94. The van der Waals surface area contributed by atoms with Gasteiger partial charge in [0.05, 0.1) is 22.1 Å². The third-order valence-corrected chi connectivity index (χ3v) is 15.3. The van der Waals surface area contributed by atoms with E-state index in [0.29, 0.717) is 0 Å². The highest BCUT2D eigenvalue weighted by Crippen LogP contribution is 2.44. The maximum absolute atomic E-state index is 2.52. The van der Waals surface area contributed by atoms with Gasteiger partial charge in [0.25, 0.3) is 0 Å². The van der Waals surface area contributed by atoms with Crippen molar-refractivity contribution in [2.75, 3.05) is 0 Å². The van der Waals surface area contributed by atoms with Crippen molar-refractivity contribution < 1.29 is 0 Å². The van der Waals surface area contributed by atoms with E-state index < -0.39 is 0 Å². The van der Waals surface area contributed by atoms with Crippen molar-refractivity contribution in [2.24, 2.45) is 0 Å². The molecule has 0 N–H and O–H groups in total. The summed E-state index contributed by atoms with van der Waals surface area (Å²) in [6, 6.07) is 70.5. The van der Waals surface area contributed by atoms with Gasteiger partial charge in [-0.1, -0.05) is 140 Å². The number of hydrogen-bond acceptors (Lipinski definition) is 2. The fourth-order valence-electron chi connectivity index (χ4n) is 10.1. The summed E-state index contributed by atoms with van der Waals surface area (Å²) in [6.07, 6.45) is 9.43. The van der Waals surface area contributed by atoms with Gasteiger partial charge in [-0.05, 0) is 114 Å². The second-order valence-corrected chi connectivity index (χ2v) is 19.0. The second kappa shape index (κ2) is 14.8. The van der Waals surface area contributed by atoms with Gasteiger partial charge in [-0.3, -0.25) is 0 Å². The Balaban J connectivity index is 1.14. The smallest absolute Gasteiger partial charge is 0.0548 e. The van der Waals surface area contributed by atoms with Crippen molar-refractivity contribution in [2.45, 2.75) is 13.3 Å². The zero-order valence-electron chi connectivity index (χ0n) is 35.1. The van der Waals surface area contributed by atoms with Crippen LogP contribution in [0.5, 0.6) is 0 Å². The monoisotopic (exact) mass is 852 g/mol. The number of allylic oxidation sites excluding steroid dienone is 4. The van der Waals surface area contributed by atoms with E-state index in [4.69, 9.17) is 0 Å². The molecule has 0 aliphatic rings. The molecule has 64 heavy (non-hydrogen) atoms. The van der Waals surface area contributed by atoms with Crippen LogP contribution in [0.2, 0.25) is 0 Å². The molecule has 0 aliphatic heterocycles. The first kappa shape index (κ1) is 37.1. The van der Waals surface area contributed by atoms with Gasteiger partial charge in [-0.15, -0.1) is 22.7 Å². The van der Waals surface area contributed by atoms with Crippen LogP contribution in [0.15, 0.2) is 212 Å². The van der Waals surface area contributed by atoms with E-state index >= 15 is 0 Å². The number of nitrogens with zero attached hydrogens (tertiary/aromatic N) is 2. The van der Waals surface area contributed by atoms with Gasteiger partial charge in [0.2, 0.25) is 0 Å². The molecule has 302 valence electrons. The summed E-state index contributed by atoms with van der Waals surface area (Å²) in [5, 5.41) is 10.3. The van der Waals surface area contributed by atoms with Crippen LogP contribution in [0.3, 0.4) is 0 Å². The number of fused-ring (bicyclic) bond motifs is 12. The van der Waals surface area contributed by atoms with Gasteiger partial charge in [-0.25, -0.2) is 0 Å². The number of hydrogen-bond donors (Lipinski definition) is 0. The molecule has 0 radical (unpaired) electrons. The average molecular weight is 853 g/mol. The summed E-state index contributed by atoms with van der Waals surface area (Å²) in [7, 11) is 0. The molecule has 0 aliphatic carbocycles. The fourth-order valence-corrected chi connectivity index (χ4v) is 12.4. The van der Waals surface area contributed by atoms with Crippen LogP contribution in [-0.4, -0.2) is 9.13 Å². The molecule has 0 unspecified atom stereocenters. The molecule has 13 rings (SSSR count). The van der Waals surface area contributed by atoms with Crippen molar-refractivity contribution in [1.82, 2.24) is 9.13 Å². The number of rotatable bonds is 7. The summed E-state index contributed by atoms with van der Waals surface area (Å²) in [5.74, 6) is 0. The first-order valence-electron chi connectivity index (χ1n) is 22.0. The van der Waals surface area contributed by atoms with Gasteiger partial charge >= 0.3 is 0 Å². The zero-order chi connectivity index (χ0) is 42.3. The molecule has 0 fully saturated rings. The minimum atomic E-state index is 0.833. The Bertz CT molecular complexity index is 3850. The normalized spacial score (nSPS) is 12.4. The Morgan fingerprint density at radius 1 is 0.359 bits per heavy atom. The lowest BCUT2D eigenvalue weighted by Crippen LogP contribution is -2.00. The maximum Gasteiger partial charge on any atom is 0.0548 e. The summed E-state index contributed by atoms with van der Waals surface area (Å²) < 4.78 is 10.3. The molecule has 4 heteroatoms. The van der Waals surface area contributed by atoms with Crippen LogP contribution in [0.4, 0.5) is 0 Å². The molecule has 9 aromatic carbocycles. The Hall–Kier alpha value is -7.50. The topological polar surface area (TPSA) is 9.86 Å². The van der Waals surface area contributed by atoms with E-state index in [9.17, 15) is 0 Å². The van der Waals surface area contributed by atoms with Gasteiger partial charge in [0, 0.05) is 73.3 Å². The lowest BCUT2D eigenvalue weighted by molar-refractivity contribution is 1.14. The minimum absolute atomic E-state index is 0.833. The van der Waals surface area contributed by atoms with E-state index in [1.807, 2.05) is 22.7 Å². The largest absolute Gasteiger partial charge is 0.309 e. The molecule has 0 spiro atoms. The summed E-state index contributed by atoms with van der Waals surface area (Å²) in [6.45, 7) is 2.06. The second-order valence-electron chi connectivity index (χ2n) is 16.8. The van der Waals surface area contributed by atoms with E-state index in [2.05, 4.69) is 228 Å². The number of para-hydroxylation sites is 2. The Morgan fingerprint density at radius 2 is 0.844 bits per heavy atom. The highest BCUT2D eigenvalue weighted by molar-refractivity contribution is 7.26. The molecule has 13 aromatic rings. The van der Waals surface area contributed by atoms with E-state index in [-0.39, 0.29) is 0 Å². The Labute approximate surface area is 378 Å². The molecule has 4 heterocycles. The lowest BCUT2D eigenvalue weighted by Gasteiger charge is -2.17. The Morgan fingerprint density at radius 3 is 1.41 bits per heavy atom. The molecule has 0 amide bonds. The van der Waals surface area contributed by atoms with Gasteiger partial charge < -0.3 is 9.13 Å². The number of aromatic nitrogens is 2. The highest BCUT2D eigenvalue weighted by Gasteiger charge is 2.20. The van der Waals surface area contributed by atoms with Crippen LogP contribution < -0.4 is 0 Å². The Kier molecular flexibility index (Phi) is 8.58. The molecule has 0 bridgehead atoms. The molecule has 0 saturated heterocycles. The van der Waals surface area contributed by atoms with Gasteiger partial charge in [0.15, 0.2) is 0 Å². The van der Waals surface area contributed by atoms with Crippen LogP contribution >= 0.6 is 22.7 Å². The van der Waals surface area contributed by atoms with Crippen LogP contribution in [0.1, 0.15) is 12.5 Å².